The van der Waals surface area contributed by atoms with Crippen molar-refractivity contribution in [2.75, 3.05) is 0 Å². The summed E-state index contributed by atoms with van der Waals surface area (Å²) in [5, 5.41) is 10.5. The van der Waals surface area contributed by atoms with E-state index in [-0.39, 0.29) is 0 Å². The van der Waals surface area contributed by atoms with Crippen molar-refractivity contribution in [2.45, 2.75) is 71.1 Å². The van der Waals surface area contributed by atoms with Crippen LogP contribution in [-0.2, 0) is 0 Å². The van der Waals surface area contributed by atoms with E-state index in [9.17, 15) is 0 Å². The third-order valence-electron chi connectivity index (χ3n) is 7.61. The summed E-state index contributed by atoms with van der Waals surface area (Å²) in [4.78, 5) is 0. The predicted molar refractivity (Wildman–Crippen MR) is 159 cm³/mol. The molecule has 0 atom stereocenters. The van der Waals surface area contributed by atoms with E-state index in [0.717, 1.165) is 0 Å². The molecular formula is C33H34SSe. The van der Waals surface area contributed by atoms with Crippen LogP contribution in [0.4, 0.5) is 0 Å². The summed E-state index contributed by atoms with van der Waals surface area (Å²) in [6.07, 6.45) is 18.5. The Balaban J connectivity index is 1.12. The molecule has 0 saturated heterocycles. The van der Waals surface area contributed by atoms with Crippen LogP contribution in [0.2, 0.25) is 0 Å². The number of thiophene rings is 1. The fourth-order valence-corrected chi connectivity index (χ4v) is 8.72. The average Bonchev–Trinajstić information content (AvgIpc) is 3.60. The van der Waals surface area contributed by atoms with Gasteiger partial charge in [-0.1, -0.05) is 13.3 Å². The number of unbranched alkanes of at least 4 members (excludes halogenated alkanes) is 7. The summed E-state index contributed by atoms with van der Waals surface area (Å²) in [7, 11) is 0. The van der Waals surface area contributed by atoms with E-state index in [1.807, 2.05) is 11.3 Å². The first kappa shape index (κ1) is 23.3. The van der Waals surface area contributed by atoms with E-state index in [0.29, 0.717) is 14.5 Å². The van der Waals surface area contributed by atoms with Crippen molar-refractivity contribution in [3.8, 4) is 0 Å². The Kier molecular flexibility index (Phi) is 6.97. The van der Waals surface area contributed by atoms with E-state index in [1.54, 1.807) is 19.8 Å². The Bertz CT molecular complexity index is 1470. The van der Waals surface area contributed by atoms with Gasteiger partial charge >= 0.3 is 207 Å². The molecule has 0 aliphatic heterocycles. The van der Waals surface area contributed by atoms with Gasteiger partial charge in [0.05, 0.1) is 0 Å². The Labute approximate surface area is 219 Å². The number of hydrogen-bond acceptors (Lipinski definition) is 1. The molecule has 6 rings (SSSR count). The summed E-state index contributed by atoms with van der Waals surface area (Å²) in [6, 6.07) is 19.1. The van der Waals surface area contributed by atoms with Gasteiger partial charge in [0.25, 0.3) is 0 Å². The van der Waals surface area contributed by atoms with Gasteiger partial charge < -0.3 is 0 Å². The number of allylic oxidation sites excluding steroid dienone is 4. The van der Waals surface area contributed by atoms with Crippen LogP contribution in [0.1, 0.15) is 75.6 Å². The third-order valence-corrected chi connectivity index (χ3v) is 10.9. The van der Waals surface area contributed by atoms with Crippen LogP contribution in [0.3, 0.4) is 0 Å². The standard InChI is InChI=1S/C33H34SSe/c1-2-3-4-5-6-7-8-9-10-23-11-12-25(15-23)32-22-30-19-27-17-26-16-24-13-14-34-31(24)20-28(26)18-29(27)21-33(30)35-32/h11-14,16-22H,2-10,15H2,1H3. The molecule has 3 aromatic carbocycles. The van der Waals surface area contributed by atoms with Gasteiger partial charge in [0.1, 0.15) is 0 Å². The quantitative estimate of drug-likeness (QED) is 0.0937. The van der Waals surface area contributed by atoms with E-state index >= 15 is 0 Å². The molecule has 0 nitrogen and oxygen atoms in total. The molecule has 1 aliphatic rings. The monoisotopic (exact) mass is 542 g/mol. The van der Waals surface area contributed by atoms with Crippen molar-refractivity contribution in [3.05, 3.63) is 76.1 Å². The van der Waals surface area contributed by atoms with Crippen LogP contribution in [0.25, 0.3) is 46.9 Å². The molecule has 1 aliphatic carbocycles. The van der Waals surface area contributed by atoms with Crippen LogP contribution in [0, 0.1) is 0 Å². The molecule has 2 heterocycles. The van der Waals surface area contributed by atoms with Gasteiger partial charge in [0.15, 0.2) is 0 Å². The number of benzene rings is 3. The van der Waals surface area contributed by atoms with Gasteiger partial charge in [-0.25, -0.2) is 0 Å². The molecule has 0 N–H and O–H groups in total. The molecule has 2 aromatic heterocycles. The van der Waals surface area contributed by atoms with Gasteiger partial charge in [0.2, 0.25) is 0 Å². The first-order valence-electron chi connectivity index (χ1n) is 13.4. The fraction of sp³-hybridized carbons (Fsp3) is 0.333. The van der Waals surface area contributed by atoms with E-state index in [1.165, 1.54) is 101 Å². The molecule has 0 fully saturated rings. The van der Waals surface area contributed by atoms with Crippen molar-refractivity contribution >= 4 is 72.7 Å². The van der Waals surface area contributed by atoms with Gasteiger partial charge in [0, 0.05) is 0 Å². The third kappa shape index (κ3) is 5.08. The molecule has 0 spiro atoms. The molecule has 0 amide bonds. The second kappa shape index (κ2) is 10.5. The molecule has 0 unspecified atom stereocenters. The average molecular weight is 542 g/mol. The zero-order valence-corrected chi connectivity index (χ0v) is 23.3. The normalized spacial score (nSPS) is 14.0. The topological polar surface area (TPSA) is 0 Å². The van der Waals surface area contributed by atoms with E-state index in [2.05, 4.69) is 73.0 Å². The molecule has 0 bridgehead atoms. The van der Waals surface area contributed by atoms with Gasteiger partial charge in [-0.15, -0.1) is 0 Å². The van der Waals surface area contributed by atoms with Gasteiger partial charge in [-0.3, -0.25) is 0 Å². The number of rotatable bonds is 10. The maximum absolute atomic E-state index is 2.49. The van der Waals surface area contributed by atoms with Crippen molar-refractivity contribution in [1.82, 2.24) is 0 Å². The maximum atomic E-state index is 2.49. The molecule has 5 aromatic rings. The van der Waals surface area contributed by atoms with Crippen molar-refractivity contribution in [1.29, 1.82) is 0 Å². The minimum absolute atomic E-state index is 0.420. The second-order valence-electron chi connectivity index (χ2n) is 10.3. The fourth-order valence-electron chi connectivity index (χ4n) is 5.56. The minimum atomic E-state index is 0.420. The van der Waals surface area contributed by atoms with Crippen molar-refractivity contribution in [2.24, 2.45) is 0 Å². The first-order chi connectivity index (χ1) is 17.3. The Morgan fingerprint density at radius 3 is 2.20 bits per heavy atom. The Hall–Kier alpha value is -2.12. The molecule has 35 heavy (non-hydrogen) atoms. The van der Waals surface area contributed by atoms with E-state index < -0.39 is 0 Å². The zero-order valence-electron chi connectivity index (χ0n) is 20.7. The van der Waals surface area contributed by atoms with E-state index in [4.69, 9.17) is 0 Å². The van der Waals surface area contributed by atoms with Crippen molar-refractivity contribution < 1.29 is 0 Å². The van der Waals surface area contributed by atoms with Crippen LogP contribution < -0.4 is 0 Å². The molecule has 0 saturated carbocycles. The Morgan fingerprint density at radius 2 is 1.37 bits per heavy atom. The molecular weight excluding hydrogens is 507 g/mol. The van der Waals surface area contributed by atoms with Gasteiger partial charge in [-0.2, -0.15) is 0 Å². The first-order valence-corrected chi connectivity index (χ1v) is 16.0. The zero-order chi connectivity index (χ0) is 23.6. The van der Waals surface area contributed by atoms with Crippen LogP contribution in [-0.4, -0.2) is 14.5 Å². The summed E-state index contributed by atoms with van der Waals surface area (Å²) in [5.74, 6) is 0. The van der Waals surface area contributed by atoms with Crippen LogP contribution >= 0.6 is 11.3 Å². The number of hydrogen-bond donors (Lipinski definition) is 0. The molecule has 178 valence electrons. The van der Waals surface area contributed by atoms with Crippen LogP contribution in [0.15, 0.2) is 71.6 Å². The van der Waals surface area contributed by atoms with Gasteiger partial charge in [-0.05, 0) is 0 Å². The predicted octanol–water partition coefficient (Wildman–Crippen LogP) is 10.7. The SMILES string of the molecule is CCCCCCCCCCC1=CC=C(c2cc3cc4cc5cc6ccsc6cc5cc4cc3[se]2)C1. The molecule has 2 heteroatoms. The number of fused-ring (bicyclic) bond motifs is 4. The van der Waals surface area contributed by atoms with Crippen LogP contribution in [0.5, 0.6) is 0 Å². The summed E-state index contributed by atoms with van der Waals surface area (Å²) in [5.41, 5.74) is 3.22. The Morgan fingerprint density at radius 1 is 0.686 bits per heavy atom. The summed E-state index contributed by atoms with van der Waals surface area (Å²) in [6.45, 7) is 2.30. The second-order valence-corrected chi connectivity index (χ2v) is 13.5. The summed E-state index contributed by atoms with van der Waals surface area (Å²) >= 11 is 2.26. The summed E-state index contributed by atoms with van der Waals surface area (Å²) < 4.78 is 4.53. The van der Waals surface area contributed by atoms with Crippen molar-refractivity contribution in [3.63, 3.8) is 0 Å². The molecule has 0 radical (unpaired) electrons.